The Bertz CT molecular complexity index is 231. The first-order chi connectivity index (χ1) is 8.74. The van der Waals surface area contributed by atoms with Gasteiger partial charge in [-0.2, -0.15) is 0 Å². The number of hydrogen-bond acceptors (Lipinski definition) is 3. The van der Waals surface area contributed by atoms with E-state index in [0.717, 1.165) is 32.2 Å². The average Bonchev–Trinajstić information content (AvgIpc) is 2.40. The lowest BCUT2D eigenvalue weighted by Crippen LogP contribution is -2.50. The van der Waals surface area contributed by atoms with Crippen LogP contribution in [0.25, 0.3) is 0 Å². The third-order valence-electron chi connectivity index (χ3n) is 4.59. The minimum Gasteiger partial charge on any atom is -0.381 e. The third kappa shape index (κ3) is 3.94. The summed E-state index contributed by atoms with van der Waals surface area (Å²) in [4.78, 5) is 2.67. The Morgan fingerprint density at radius 3 is 2.72 bits per heavy atom. The fraction of sp³-hybridized carbons (Fsp3) is 1.00. The minimum absolute atomic E-state index is 0.370. The Labute approximate surface area is 112 Å². The molecule has 1 unspecified atom stereocenters. The molecule has 2 rings (SSSR count). The van der Waals surface area contributed by atoms with Gasteiger partial charge in [-0.15, -0.1) is 0 Å². The maximum Gasteiger partial charge on any atom is 0.0546 e. The third-order valence-corrected chi connectivity index (χ3v) is 4.59. The van der Waals surface area contributed by atoms with E-state index in [0.29, 0.717) is 5.41 Å². The van der Waals surface area contributed by atoms with Crippen LogP contribution >= 0.6 is 0 Å². The van der Waals surface area contributed by atoms with Crippen LogP contribution in [-0.2, 0) is 4.74 Å². The van der Waals surface area contributed by atoms with Gasteiger partial charge in [-0.25, -0.2) is 0 Å². The standard InChI is InChI=1S/C15H30N2O/c1-3-16-11-15(7-4-10-18-13-15)12-17-8-5-14(2)6-9-17/h14,16H,3-13H2,1-2H3. The summed E-state index contributed by atoms with van der Waals surface area (Å²) in [5, 5.41) is 3.55. The molecule has 0 aromatic rings. The number of nitrogens with zero attached hydrogens (tertiary/aromatic N) is 1. The van der Waals surface area contributed by atoms with Crippen LogP contribution in [0.4, 0.5) is 0 Å². The molecular formula is C15H30N2O. The largest absolute Gasteiger partial charge is 0.381 e. The van der Waals surface area contributed by atoms with Crippen LogP contribution in [0.5, 0.6) is 0 Å². The molecular weight excluding hydrogens is 224 g/mol. The Balaban J connectivity index is 1.87. The van der Waals surface area contributed by atoms with E-state index in [-0.39, 0.29) is 0 Å². The Morgan fingerprint density at radius 2 is 2.11 bits per heavy atom. The van der Waals surface area contributed by atoms with E-state index in [9.17, 15) is 0 Å². The van der Waals surface area contributed by atoms with Crippen LogP contribution in [0.2, 0.25) is 0 Å². The molecule has 0 aromatic heterocycles. The van der Waals surface area contributed by atoms with Crippen molar-refractivity contribution < 1.29 is 4.74 Å². The summed E-state index contributed by atoms with van der Waals surface area (Å²) in [5.41, 5.74) is 0.370. The maximum atomic E-state index is 5.78. The molecule has 2 saturated heterocycles. The average molecular weight is 254 g/mol. The zero-order valence-corrected chi connectivity index (χ0v) is 12.2. The summed E-state index contributed by atoms with van der Waals surface area (Å²) in [6.45, 7) is 12.5. The highest BCUT2D eigenvalue weighted by atomic mass is 16.5. The zero-order chi connectivity index (χ0) is 12.8. The van der Waals surface area contributed by atoms with E-state index in [2.05, 4.69) is 24.1 Å². The molecule has 0 aromatic carbocycles. The lowest BCUT2D eigenvalue weighted by molar-refractivity contribution is -0.0301. The fourth-order valence-electron chi connectivity index (χ4n) is 3.31. The topological polar surface area (TPSA) is 24.5 Å². The Hall–Kier alpha value is -0.120. The predicted octanol–water partition coefficient (Wildman–Crippen LogP) is 2.12. The highest BCUT2D eigenvalue weighted by Gasteiger charge is 2.35. The number of nitrogens with one attached hydrogen (secondary N) is 1. The van der Waals surface area contributed by atoms with Gasteiger partial charge in [0, 0.05) is 25.1 Å². The van der Waals surface area contributed by atoms with Crippen molar-refractivity contribution in [2.75, 3.05) is 45.9 Å². The van der Waals surface area contributed by atoms with Crippen molar-refractivity contribution in [3.8, 4) is 0 Å². The van der Waals surface area contributed by atoms with Crippen molar-refractivity contribution in [2.45, 2.75) is 39.5 Å². The first kappa shape index (κ1) is 14.3. The quantitative estimate of drug-likeness (QED) is 0.813. The Morgan fingerprint density at radius 1 is 1.33 bits per heavy atom. The molecule has 1 atom stereocenters. The molecule has 2 aliphatic heterocycles. The van der Waals surface area contributed by atoms with Gasteiger partial charge in [-0.3, -0.25) is 0 Å². The second-order valence-electron chi connectivity index (χ2n) is 6.40. The molecule has 2 aliphatic rings. The molecule has 106 valence electrons. The van der Waals surface area contributed by atoms with Crippen molar-refractivity contribution >= 4 is 0 Å². The van der Waals surface area contributed by atoms with Gasteiger partial charge in [-0.05, 0) is 51.2 Å². The molecule has 3 heteroatoms. The monoisotopic (exact) mass is 254 g/mol. The lowest BCUT2D eigenvalue weighted by Gasteiger charge is -2.42. The molecule has 0 amide bonds. The van der Waals surface area contributed by atoms with E-state index in [4.69, 9.17) is 4.74 Å². The summed E-state index contributed by atoms with van der Waals surface area (Å²) in [6.07, 6.45) is 5.30. The predicted molar refractivity (Wildman–Crippen MR) is 75.9 cm³/mol. The number of hydrogen-bond donors (Lipinski definition) is 1. The van der Waals surface area contributed by atoms with E-state index < -0.39 is 0 Å². The zero-order valence-electron chi connectivity index (χ0n) is 12.2. The van der Waals surface area contributed by atoms with Crippen molar-refractivity contribution in [2.24, 2.45) is 11.3 Å². The van der Waals surface area contributed by atoms with Crippen molar-refractivity contribution in [3.05, 3.63) is 0 Å². The van der Waals surface area contributed by atoms with Crippen LogP contribution in [-0.4, -0.2) is 50.8 Å². The molecule has 0 aliphatic carbocycles. The highest BCUT2D eigenvalue weighted by molar-refractivity contribution is 4.88. The fourth-order valence-corrected chi connectivity index (χ4v) is 3.31. The minimum atomic E-state index is 0.370. The first-order valence-corrected chi connectivity index (χ1v) is 7.75. The van der Waals surface area contributed by atoms with Gasteiger partial charge in [0.05, 0.1) is 6.61 Å². The van der Waals surface area contributed by atoms with Crippen LogP contribution in [0.15, 0.2) is 0 Å². The van der Waals surface area contributed by atoms with Gasteiger partial charge in [0.2, 0.25) is 0 Å². The van der Waals surface area contributed by atoms with Crippen molar-refractivity contribution in [1.82, 2.24) is 10.2 Å². The van der Waals surface area contributed by atoms with Gasteiger partial charge in [0.25, 0.3) is 0 Å². The van der Waals surface area contributed by atoms with E-state index in [1.54, 1.807) is 0 Å². The van der Waals surface area contributed by atoms with Crippen LogP contribution in [0.3, 0.4) is 0 Å². The van der Waals surface area contributed by atoms with Gasteiger partial charge >= 0.3 is 0 Å². The smallest absolute Gasteiger partial charge is 0.0546 e. The summed E-state index contributed by atoms with van der Waals surface area (Å²) in [5.74, 6) is 0.925. The van der Waals surface area contributed by atoms with Crippen LogP contribution in [0.1, 0.15) is 39.5 Å². The van der Waals surface area contributed by atoms with Gasteiger partial charge in [0.1, 0.15) is 0 Å². The van der Waals surface area contributed by atoms with Crippen LogP contribution < -0.4 is 5.32 Å². The molecule has 18 heavy (non-hydrogen) atoms. The molecule has 2 fully saturated rings. The highest BCUT2D eigenvalue weighted by Crippen LogP contribution is 2.30. The molecule has 2 heterocycles. The molecule has 0 spiro atoms. The lowest BCUT2D eigenvalue weighted by atomic mass is 9.81. The maximum absolute atomic E-state index is 5.78. The summed E-state index contributed by atoms with van der Waals surface area (Å²) < 4.78 is 5.78. The number of piperidine rings is 1. The molecule has 1 N–H and O–H groups in total. The van der Waals surface area contributed by atoms with Gasteiger partial charge in [-0.1, -0.05) is 13.8 Å². The molecule has 3 nitrogen and oxygen atoms in total. The second kappa shape index (κ2) is 6.88. The SMILES string of the molecule is CCNCC1(CN2CCC(C)CC2)CCCOC1. The van der Waals surface area contributed by atoms with Crippen molar-refractivity contribution in [3.63, 3.8) is 0 Å². The molecule has 0 bridgehead atoms. The number of likely N-dealkylation sites (tertiary alicyclic amines) is 1. The van der Waals surface area contributed by atoms with E-state index >= 15 is 0 Å². The number of rotatable bonds is 5. The molecule has 0 saturated carbocycles. The van der Waals surface area contributed by atoms with E-state index in [1.165, 1.54) is 45.3 Å². The normalized spacial score (nSPS) is 31.7. The van der Waals surface area contributed by atoms with Gasteiger partial charge in [0.15, 0.2) is 0 Å². The summed E-state index contributed by atoms with van der Waals surface area (Å²) in [6, 6.07) is 0. The molecule has 0 radical (unpaired) electrons. The first-order valence-electron chi connectivity index (χ1n) is 7.75. The Kier molecular flexibility index (Phi) is 5.46. The second-order valence-corrected chi connectivity index (χ2v) is 6.40. The number of ether oxygens (including phenoxy) is 1. The van der Waals surface area contributed by atoms with Crippen LogP contribution in [0, 0.1) is 11.3 Å². The van der Waals surface area contributed by atoms with E-state index in [1.807, 2.05) is 0 Å². The summed E-state index contributed by atoms with van der Waals surface area (Å²) in [7, 11) is 0. The summed E-state index contributed by atoms with van der Waals surface area (Å²) >= 11 is 0. The van der Waals surface area contributed by atoms with Crippen molar-refractivity contribution in [1.29, 1.82) is 0 Å². The van der Waals surface area contributed by atoms with Gasteiger partial charge < -0.3 is 15.0 Å².